The van der Waals surface area contributed by atoms with E-state index in [2.05, 4.69) is 17.4 Å². The van der Waals surface area contributed by atoms with Crippen LogP contribution in [0.15, 0.2) is 54.6 Å². The van der Waals surface area contributed by atoms with Gasteiger partial charge in [-0.15, -0.1) is 0 Å². The van der Waals surface area contributed by atoms with Gasteiger partial charge < -0.3 is 14.8 Å². The molecule has 2 rings (SSSR count). The molecule has 1 atom stereocenters. The molecule has 2 aromatic carbocycles. The number of hydrogen-bond acceptors (Lipinski definition) is 3. The highest BCUT2D eigenvalue weighted by Crippen LogP contribution is 2.31. The van der Waals surface area contributed by atoms with E-state index in [1.54, 1.807) is 7.11 Å². The molecule has 0 aliphatic carbocycles. The molecule has 106 valence electrons. The number of rotatable bonds is 7. The maximum absolute atomic E-state index is 6.16. The van der Waals surface area contributed by atoms with Crippen LogP contribution in [0, 0.1) is 0 Å². The van der Waals surface area contributed by atoms with Crippen LogP contribution in [0.1, 0.15) is 18.1 Å². The molecule has 3 nitrogen and oxygen atoms in total. The molecule has 0 aromatic heterocycles. The second-order valence-corrected chi connectivity index (χ2v) is 4.56. The van der Waals surface area contributed by atoms with Gasteiger partial charge >= 0.3 is 0 Å². The van der Waals surface area contributed by atoms with Crippen LogP contribution in [-0.4, -0.2) is 20.7 Å². The Morgan fingerprint density at radius 2 is 1.60 bits per heavy atom. The molecule has 3 heteroatoms. The first-order valence-corrected chi connectivity index (χ1v) is 6.84. The average Bonchev–Trinajstić information content (AvgIpc) is 2.52. The van der Waals surface area contributed by atoms with Gasteiger partial charge in [-0.25, -0.2) is 0 Å². The Kier molecular flexibility index (Phi) is 5.44. The van der Waals surface area contributed by atoms with Crippen molar-refractivity contribution in [2.45, 2.75) is 12.5 Å². The van der Waals surface area contributed by atoms with Gasteiger partial charge in [0.1, 0.15) is 6.10 Å². The van der Waals surface area contributed by atoms with Crippen molar-refractivity contribution in [2.24, 2.45) is 0 Å². The van der Waals surface area contributed by atoms with E-state index >= 15 is 0 Å². The lowest BCUT2D eigenvalue weighted by Gasteiger charge is -2.21. The summed E-state index contributed by atoms with van der Waals surface area (Å²) in [6.07, 6.45) is 0.915. The molecule has 0 aliphatic rings. The molecule has 0 spiro atoms. The summed E-state index contributed by atoms with van der Waals surface area (Å²) >= 11 is 0. The minimum absolute atomic E-state index is 0.0138. The minimum Gasteiger partial charge on any atom is -0.493 e. The third-order valence-corrected chi connectivity index (χ3v) is 3.17. The Morgan fingerprint density at radius 1 is 0.950 bits per heavy atom. The fourth-order valence-corrected chi connectivity index (χ4v) is 2.11. The first-order chi connectivity index (χ1) is 9.85. The summed E-state index contributed by atoms with van der Waals surface area (Å²) < 4.78 is 11.5. The van der Waals surface area contributed by atoms with Crippen molar-refractivity contribution in [3.63, 3.8) is 0 Å². The Labute approximate surface area is 120 Å². The van der Waals surface area contributed by atoms with Crippen molar-refractivity contribution in [1.82, 2.24) is 5.32 Å². The Bertz CT molecular complexity index is 513. The standard InChI is InChI=1S/C17H21NO2/c1-18-13-12-15(14-8-4-3-5-9-14)20-17-11-7-6-10-16(17)19-2/h3-11,15,18H,12-13H2,1-2H3/t15-/m0/s1. The monoisotopic (exact) mass is 271 g/mol. The molecule has 0 heterocycles. The van der Waals surface area contributed by atoms with Gasteiger partial charge in [0.25, 0.3) is 0 Å². The molecule has 20 heavy (non-hydrogen) atoms. The first kappa shape index (κ1) is 14.4. The molecule has 0 amide bonds. The summed E-state index contributed by atoms with van der Waals surface area (Å²) in [5.74, 6) is 1.54. The van der Waals surface area contributed by atoms with E-state index < -0.39 is 0 Å². The summed E-state index contributed by atoms with van der Waals surface area (Å²) in [7, 11) is 3.61. The van der Waals surface area contributed by atoms with E-state index in [1.807, 2.05) is 49.5 Å². The zero-order valence-corrected chi connectivity index (χ0v) is 12.0. The molecule has 0 fully saturated rings. The Hall–Kier alpha value is -2.00. The van der Waals surface area contributed by atoms with E-state index in [4.69, 9.17) is 9.47 Å². The maximum Gasteiger partial charge on any atom is 0.162 e. The highest BCUT2D eigenvalue weighted by molar-refractivity contribution is 5.40. The van der Waals surface area contributed by atoms with Gasteiger partial charge in [-0.2, -0.15) is 0 Å². The van der Waals surface area contributed by atoms with Crippen LogP contribution < -0.4 is 14.8 Å². The van der Waals surface area contributed by atoms with Gasteiger partial charge in [0.05, 0.1) is 7.11 Å². The number of benzene rings is 2. The molecule has 0 saturated heterocycles. The lowest BCUT2D eigenvalue weighted by molar-refractivity contribution is 0.187. The Morgan fingerprint density at radius 3 is 2.25 bits per heavy atom. The third kappa shape index (κ3) is 3.75. The van der Waals surface area contributed by atoms with Gasteiger partial charge in [0.15, 0.2) is 11.5 Å². The van der Waals surface area contributed by atoms with Crippen molar-refractivity contribution in [2.75, 3.05) is 20.7 Å². The maximum atomic E-state index is 6.16. The molecule has 1 N–H and O–H groups in total. The van der Waals surface area contributed by atoms with Crippen molar-refractivity contribution < 1.29 is 9.47 Å². The summed E-state index contributed by atoms with van der Waals surface area (Å²) in [5.41, 5.74) is 1.17. The Balaban J connectivity index is 2.19. The van der Waals surface area contributed by atoms with Crippen molar-refractivity contribution in [1.29, 1.82) is 0 Å². The lowest BCUT2D eigenvalue weighted by Crippen LogP contribution is -2.16. The van der Waals surface area contributed by atoms with E-state index in [-0.39, 0.29) is 6.10 Å². The molecule has 0 unspecified atom stereocenters. The fraction of sp³-hybridized carbons (Fsp3) is 0.294. The molecule has 0 bridgehead atoms. The predicted molar refractivity (Wildman–Crippen MR) is 81.3 cm³/mol. The van der Waals surface area contributed by atoms with E-state index in [9.17, 15) is 0 Å². The van der Waals surface area contributed by atoms with Crippen LogP contribution in [0.2, 0.25) is 0 Å². The largest absolute Gasteiger partial charge is 0.493 e. The summed E-state index contributed by atoms with van der Waals surface area (Å²) in [6.45, 7) is 0.898. The highest BCUT2D eigenvalue weighted by Gasteiger charge is 2.14. The topological polar surface area (TPSA) is 30.5 Å². The van der Waals surface area contributed by atoms with Crippen molar-refractivity contribution in [3.8, 4) is 11.5 Å². The average molecular weight is 271 g/mol. The molecule has 0 radical (unpaired) electrons. The number of nitrogens with one attached hydrogen (secondary N) is 1. The lowest BCUT2D eigenvalue weighted by atomic mass is 10.1. The molecular weight excluding hydrogens is 250 g/mol. The molecule has 0 saturated carbocycles. The van der Waals surface area contributed by atoms with Gasteiger partial charge in [0.2, 0.25) is 0 Å². The summed E-state index contributed by atoms with van der Waals surface area (Å²) in [5, 5.41) is 3.17. The second-order valence-electron chi connectivity index (χ2n) is 4.56. The van der Waals surface area contributed by atoms with Crippen LogP contribution in [0.3, 0.4) is 0 Å². The minimum atomic E-state index is 0.0138. The summed E-state index contributed by atoms with van der Waals surface area (Å²) in [4.78, 5) is 0. The first-order valence-electron chi connectivity index (χ1n) is 6.84. The molecule has 2 aromatic rings. The van der Waals surface area contributed by atoms with Crippen molar-refractivity contribution >= 4 is 0 Å². The smallest absolute Gasteiger partial charge is 0.162 e. The van der Waals surface area contributed by atoms with Crippen LogP contribution in [-0.2, 0) is 0 Å². The second kappa shape index (κ2) is 7.56. The van der Waals surface area contributed by atoms with Crippen LogP contribution in [0.25, 0.3) is 0 Å². The van der Waals surface area contributed by atoms with Gasteiger partial charge in [-0.05, 0) is 31.3 Å². The number of para-hydroxylation sites is 2. The fourth-order valence-electron chi connectivity index (χ4n) is 2.11. The zero-order chi connectivity index (χ0) is 14.2. The number of hydrogen-bond donors (Lipinski definition) is 1. The van der Waals surface area contributed by atoms with Crippen LogP contribution >= 0.6 is 0 Å². The predicted octanol–water partition coefficient (Wildman–Crippen LogP) is 3.42. The SMILES string of the molecule is CNCC[C@H](Oc1ccccc1OC)c1ccccc1. The highest BCUT2D eigenvalue weighted by atomic mass is 16.5. The van der Waals surface area contributed by atoms with Gasteiger partial charge in [-0.3, -0.25) is 0 Å². The molecular formula is C17H21NO2. The number of ether oxygens (including phenoxy) is 2. The van der Waals surface area contributed by atoms with Gasteiger partial charge in [0, 0.05) is 6.42 Å². The van der Waals surface area contributed by atoms with E-state index in [0.717, 1.165) is 24.5 Å². The normalized spacial score (nSPS) is 11.9. The zero-order valence-electron chi connectivity index (χ0n) is 12.0. The summed E-state index contributed by atoms with van der Waals surface area (Å²) in [6, 6.07) is 18.0. The molecule has 0 aliphatic heterocycles. The van der Waals surface area contributed by atoms with Crippen LogP contribution in [0.4, 0.5) is 0 Å². The quantitative estimate of drug-likeness (QED) is 0.837. The third-order valence-electron chi connectivity index (χ3n) is 3.17. The number of methoxy groups -OCH3 is 1. The van der Waals surface area contributed by atoms with Crippen LogP contribution in [0.5, 0.6) is 11.5 Å². The van der Waals surface area contributed by atoms with Crippen molar-refractivity contribution in [3.05, 3.63) is 60.2 Å². The van der Waals surface area contributed by atoms with E-state index in [0.29, 0.717) is 0 Å². The van der Waals surface area contributed by atoms with Gasteiger partial charge in [-0.1, -0.05) is 42.5 Å². The van der Waals surface area contributed by atoms with E-state index in [1.165, 1.54) is 5.56 Å².